The minimum atomic E-state index is -0.947. The minimum absolute atomic E-state index is 0.855. The van der Waals surface area contributed by atoms with E-state index >= 15 is 0 Å². The van der Waals surface area contributed by atoms with Crippen molar-refractivity contribution in [3.8, 4) is 11.1 Å². The van der Waals surface area contributed by atoms with Crippen LogP contribution in [0.2, 0.25) is 0 Å². The second-order valence-corrected chi connectivity index (χ2v) is 3.54. The molecule has 1 aromatic heterocycles. The van der Waals surface area contributed by atoms with Crippen LogP contribution in [-0.4, -0.2) is 16.1 Å². The number of hydrogen-bond donors (Lipinski definition) is 1. The smallest absolute Gasteiger partial charge is 0.328 e. The number of hydrogen-bond acceptors (Lipinski definition) is 2. The number of aromatic nitrogens is 1. The first kappa shape index (κ1) is 11.1. The molecule has 0 fully saturated rings. The first-order chi connectivity index (χ1) is 8.25. The van der Waals surface area contributed by atoms with Gasteiger partial charge in [0.2, 0.25) is 0 Å². The fourth-order valence-corrected chi connectivity index (χ4v) is 1.52. The van der Waals surface area contributed by atoms with Crippen LogP contribution in [0.3, 0.4) is 0 Å². The first-order valence-corrected chi connectivity index (χ1v) is 5.17. The second-order valence-electron chi connectivity index (χ2n) is 3.54. The predicted octanol–water partition coefficient (Wildman–Crippen LogP) is 2.85. The van der Waals surface area contributed by atoms with Gasteiger partial charge in [0.1, 0.15) is 0 Å². The summed E-state index contributed by atoms with van der Waals surface area (Å²) in [4.78, 5) is 14.5. The SMILES string of the molecule is O=C(O)/C=C/c1cccc(-c2cccnc2)c1. The van der Waals surface area contributed by atoms with Crippen LogP contribution in [0.4, 0.5) is 0 Å². The molecule has 0 saturated heterocycles. The minimum Gasteiger partial charge on any atom is -0.478 e. The third-order valence-electron chi connectivity index (χ3n) is 2.30. The highest BCUT2D eigenvalue weighted by Gasteiger charge is 1.97. The molecule has 0 saturated carbocycles. The number of aliphatic carboxylic acids is 1. The molecular formula is C14H11NO2. The lowest BCUT2D eigenvalue weighted by atomic mass is 10.0. The maximum atomic E-state index is 10.4. The van der Waals surface area contributed by atoms with E-state index in [0.717, 1.165) is 22.8 Å². The van der Waals surface area contributed by atoms with Gasteiger partial charge in [0.25, 0.3) is 0 Å². The quantitative estimate of drug-likeness (QED) is 0.817. The van der Waals surface area contributed by atoms with E-state index in [1.54, 1.807) is 18.5 Å². The molecule has 0 aliphatic rings. The maximum absolute atomic E-state index is 10.4. The van der Waals surface area contributed by atoms with Gasteiger partial charge in [-0.15, -0.1) is 0 Å². The Hall–Kier alpha value is -2.42. The highest BCUT2D eigenvalue weighted by Crippen LogP contribution is 2.19. The van der Waals surface area contributed by atoms with Crippen molar-refractivity contribution >= 4 is 12.0 Å². The van der Waals surface area contributed by atoms with E-state index < -0.39 is 5.97 Å². The molecule has 3 heteroatoms. The molecule has 0 spiro atoms. The number of rotatable bonds is 3. The van der Waals surface area contributed by atoms with Gasteiger partial charge in [-0.1, -0.05) is 24.3 Å². The predicted molar refractivity (Wildman–Crippen MR) is 66.3 cm³/mol. The number of carboxylic acids is 1. The molecule has 1 heterocycles. The van der Waals surface area contributed by atoms with Gasteiger partial charge in [-0.2, -0.15) is 0 Å². The third-order valence-corrected chi connectivity index (χ3v) is 2.30. The Balaban J connectivity index is 2.32. The fraction of sp³-hybridized carbons (Fsp3) is 0. The summed E-state index contributed by atoms with van der Waals surface area (Å²) in [6, 6.07) is 11.5. The van der Waals surface area contributed by atoms with Gasteiger partial charge in [-0.25, -0.2) is 4.79 Å². The van der Waals surface area contributed by atoms with Gasteiger partial charge in [-0.3, -0.25) is 4.98 Å². The first-order valence-electron chi connectivity index (χ1n) is 5.17. The van der Waals surface area contributed by atoms with Crippen molar-refractivity contribution in [3.05, 3.63) is 60.4 Å². The van der Waals surface area contributed by atoms with Gasteiger partial charge in [-0.05, 0) is 29.3 Å². The van der Waals surface area contributed by atoms with E-state index in [2.05, 4.69) is 4.98 Å². The van der Waals surface area contributed by atoms with Gasteiger partial charge >= 0.3 is 5.97 Å². The van der Waals surface area contributed by atoms with Crippen molar-refractivity contribution in [1.29, 1.82) is 0 Å². The van der Waals surface area contributed by atoms with E-state index in [0.29, 0.717) is 0 Å². The fourth-order valence-electron chi connectivity index (χ4n) is 1.52. The van der Waals surface area contributed by atoms with Crippen molar-refractivity contribution < 1.29 is 9.90 Å². The topological polar surface area (TPSA) is 50.2 Å². The number of pyridine rings is 1. The molecule has 2 rings (SSSR count). The Morgan fingerprint density at radius 1 is 1.18 bits per heavy atom. The zero-order valence-electron chi connectivity index (χ0n) is 9.08. The summed E-state index contributed by atoms with van der Waals surface area (Å²) < 4.78 is 0. The number of nitrogens with zero attached hydrogens (tertiary/aromatic N) is 1. The molecule has 0 unspecified atom stereocenters. The van der Waals surface area contributed by atoms with Gasteiger partial charge in [0, 0.05) is 24.0 Å². The van der Waals surface area contributed by atoms with Crippen LogP contribution in [0, 0.1) is 0 Å². The highest BCUT2D eigenvalue weighted by atomic mass is 16.4. The van der Waals surface area contributed by atoms with Crippen LogP contribution in [-0.2, 0) is 4.79 Å². The van der Waals surface area contributed by atoms with Crippen LogP contribution >= 0.6 is 0 Å². The standard InChI is InChI=1S/C14H11NO2/c16-14(17)7-6-11-3-1-4-12(9-11)13-5-2-8-15-10-13/h1-10H,(H,16,17)/b7-6+. The zero-order chi connectivity index (χ0) is 12.1. The summed E-state index contributed by atoms with van der Waals surface area (Å²) in [7, 11) is 0. The Bertz CT molecular complexity index is 547. The molecule has 3 nitrogen and oxygen atoms in total. The van der Waals surface area contributed by atoms with Crippen LogP contribution in [0.25, 0.3) is 17.2 Å². The average Bonchev–Trinajstić information content (AvgIpc) is 2.38. The summed E-state index contributed by atoms with van der Waals surface area (Å²) >= 11 is 0. The lowest BCUT2D eigenvalue weighted by Crippen LogP contribution is -1.86. The van der Waals surface area contributed by atoms with Crippen LogP contribution in [0.1, 0.15) is 5.56 Å². The Kier molecular flexibility index (Phi) is 3.31. The van der Waals surface area contributed by atoms with Crippen LogP contribution in [0.5, 0.6) is 0 Å². The van der Waals surface area contributed by atoms with Gasteiger partial charge in [0.05, 0.1) is 0 Å². The van der Waals surface area contributed by atoms with Crippen LogP contribution in [0.15, 0.2) is 54.9 Å². The number of carboxylic acid groups (broad SMARTS) is 1. The summed E-state index contributed by atoms with van der Waals surface area (Å²) in [5.74, 6) is -0.947. The molecule has 1 N–H and O–H groups in total. The average molecular weight is 225 g/mol. The molecule has 0 amide bonds. The van der Waals surface area contributed by atoms with E-state index in [1.807, 2.05) is 36.4 Å². The largest absolute Gasteiger partial charge is 0.478 e. The van der Waals surface area contributed by atoms with Crippen molar-refractivity contribution in [2.24, 2.45) is 0 Å². The van der Waals surface area contributed by atoms with Crippen LogP contribution < -0.4 is 0 Å². The second kappa shape index (κ2) is 5.07. The molecule has 0 bridgehead atoms. The van der Waals surface area contributed by atoms with E-state index in [-0.39, 0.29) is 0 Å². The molecular weight excluding hydrogens is 214 g/mol. The number of carbonyl (C=O) groups is 1. The van der Waals surface area contributed by atoms with Crippen molar-refractivity contribution in [3.63, 3.8) is 0 Å². The summed E-state index contributed by atoms with van der Waals surface area (Å²) in [6.45, 7) is 0. The van der Waals surface area contributed by atoms with Gasteiger partial charge in [0.15, 0.2) is 0 Å². The third kappa shape index (κ3) is 3.01. The molecule has 0 atom stereocenters. The normalized spacial score (nSPS) is 10.6. The molecule has 1 aromatic carbocycles. The van der Waals surface area contributed by atoms with Crippen molar-refractivity contribution in [1.82, 2.24) is 4.98 Å². The lowest BCUT2D eigenvalue weighted by Gasteiger charge is -2.01. The van der Waals surface area contributed by atoms with Crippen molar-refractivity contribution in [2.45, 2.75) is 0 Å². The maximum Gasteiger partial charge on any atom is 0.328 e. The number of benzene rings is 1. The molecule has 0 aliphatic heterocycles. The van der Waals surface area contributed by atoms with E-state index in [4.69, 9.17) is 5.11 Å². The molecule has 2 aromatic rings. The Morgan fingerprint density at radius 3 is 2.71 bits per heavy atom. The highest BCUT2D eigenvalue weighted by molar-refractivity contribution is 5.85. The monoisotopic (exact) mass is 225 g/mol. The lowest BCUT2D eigenvalue weighted by molar-refractivity contribution is -0.131. The molecule has 17 heavy (non-hydrogen) atoms. The Labute approximate surface area is 99.1 Å². The van der Waals surface area contributed by atoms with E-state index in [9.17, 15) is 4.79 Å². The Morgan fingerprint density at radius 2 is 2.00 bits per heavy atom. The summed E-state index contributed by atoms with van der Waals surface area (Å²) in [5.41, 5.74) is 2.89. The summed E-state index contributed by atoms with van der Waals surface area (Å²) in [5, 5.41) is 8.56. The van der Waals surface area contributed by atoms with Gasteiger partial charge < -0.3 is 5.11 Å². The molecule has 0 radical (unpaired) electrons. The molecule has 84 valence electrons. The summed E-state index contributed by atoms with van der Waals surface area (Å²) in [6.07, 6.45) is 6.20. The van der Waals surface area contributed by atoms with Crippen molar-refractivity contribution in [2.75, 3.05) is 0 Å². The zero-order valence-corrected chi connectivity index (χ0v) is 9.08. The van der Waals surface area contributed by atoms with E-state index in [1.165, 1.54) is 0 Å². The molecule has 0 aliphatic carbocycles.